The standard InChI is InChI=1S/C27H27Cl2N3O3S/c1-16-6-7-17(2)19(12-16)27(34,15-33)32-10-8-18(9-11-32)26-30-23(14-36-26)22-13-24(35-31-22)25-20(28)4-3-5-21(25)29/h3-7,12,14-15,18,24,34H,8-11,13H2,1-2H3. The molecule has 1 saturated heterocycles. The van der Waals surface area contributed by atoms with E-state index >= 15 is 0 Å². The maximum absolute atomic E-state index is 12.1. The summed E-state index contributed by atoms with van der Waals surface area (Å²) in [5, 5.41) is 19.8. The smallest absolute Gasteiger partial charge is 0.202 e. The van der Waals surface area contributed by atoms with Gasteiger partial charge in [-0.05, 0) is 44.4 Å². The van der Waals surface area contributed by atoms with Crippen molar-refractivity contribution < 1.29 is 14.7 Å². The molecule has 0 radical (unpaired) electrons. The SMILES string of the molecule is Cc1ccc(C)c(C(O)(C=O)N2CCC(c3nc(C4=NOC(c5c(Cl)cccc5Cl)C4)cs3)CC2)c1. The highest BCUT2D eigenvalue weighted by atomic mass is 35.5. The van der Waals surface area contributed by atoms with Gasteiger partial charge in [-0.15, -0.1) is 11.3 Å². The molecule has 2 unspecified atom stereocenters. The minimum Gasteiger partial charge on any atom is -0.387 e. The lowest BCUT2D eigenvalue weighted by Gasteiger charge is -2.41. The van der Waals surface area contributed by atoms with E-state index in [2.05, 4.69) is 5.16 Å². The van der Waals surface area contributed by atoms with Crippen molar-refractivity contribution in [3.05, 3.63) is 84.8 Å². The normalized spacial score (nSPS) is 20.6. The molecule has 2 atom stereocenters. The van der Waals surface area contributed by atoms with E-state index in [9.17, 15) is 9.90 Å². The first kappa shape index (κ1) is 25.4. The van der Waals surface area contributed by atoms with Gasteiger partial charge < -0.3 is 9.94 Å². The third-order valence-electron chi connectivity index (χ3n) is 7.09. The van der Waals surface area contributed by atoms with E-state index in [0.717, 1.165) is 45.9 Å². The zero-order valence-electron chi connectivity index (χ0n) is 20.1. The molecule has 6 nitrogen and oxygen atoms in total. The Morgan fingerprint density at radius 3 is 2.58 bits per heavy atom. The number of aryl methyl sites for hydroxylation is 2. The van der Waals surface area contributed by atoms with E-state index in [1.54, 1.807) is 29.5 Å². The van der Waals surface area contributed by atoms with Crippen LogP contribution in [0.15, 0.2) is 46.9 Å². The van der Waals surface area contributed by atoms with Gasteiger partial charge in [0.15, 0.2) is 12.4 Å². The van der Waals surface area contributed by atoms with Crippen molar-refractivity contribution in [3.8, 4) is 0 Å². The van der Waals surface area contributed by atoms with Gasteiger partial charge in [-0.25, -0.2) is 4.98 Å². The topological polar surface area (TPSA) is 75.0 Å². The lowest BCUT2D eigenvalue weighted by Crippen LogP contribution is -2.51. The Morgan fingerprint density at radius 2 is 1.89 bits per heavy atom. The molecule has 3 aromatic rings. The molecule has 0 amide bonds. The van der Waals surface area contributed by atoms with Crippen LogP contribution in [-0.4, -0.2) is 40.1 Å². The number of likely N-dealkylation sites (tertiary alicyclic amines) is 1. The fourth-order valence-corrected chi connectivity index (χ4v) is 6.66. The summed E-state index contributed by atoms with van der Waals surface area (Å²) in [5.41, 5.74) is 3.27. The highest BCUT2D eigenvalue weighted by molar-refractivity contribution is 7.10. The van der Waals surface area contributed by atoms with E-state index in [0.29, 0.717) is 41.4 Å². The summed E-state index contributed by atoms with van der Waals surface area (Å²) in [7, 11) is 0. The van der Waals surface area contributed by atoms with Crippen LogP contribution in [-0.2, 0) is 15.4 Å². The lowest BCUT2D eigenvalue weighted by atomic mass is 9.91. The molecular weight excluding hydrogens is 517 g/mol. The fraction of sp³-hybridized carbons (Fsp3) is 0.370. The number of carbonyl (C=O) groups excluding carboxylic acids is 1. The van der Waals surface area contributed by atoms with Gasteiger partial charge in [-0.1, -0.05) is 58.2 Å². The summed E-state index contributed by atoms with van der Waals surface area (Å²) < 4.78 is 0. The monoisotopic (exact) mass is 543 g/mol. The maximum atomic E-state index is 12.1. The molecule has 5 rings (SSSR count). The zero-order chi connectivity index (χ0) is 25.4. The number of piperidine rings is 1. The summed E-state index contributed by atoms with van der Waals surface area (Å²) in [6.45, 7) is 5.08. The van der Waals surface area contributed by atoms with Crippen molar-refractivity contribution in [3.63, 3.8) is 0 Å². The largest absolute Gasteiger partial charge is 0.387 e. The first-order valence-electron chi connectivity index (χ1n) is 11.9. The average molecular weight is 545 g/mol. The quantitative estimate of drug-likeness (QED) is 0.377. The Morgan fingerprint density at radius 1 is 1.17 bits per heavy atom. The van der Waals surface area contributed by atoms with Crippen molar-refractivity contribution in [1.82, 2.24) is 9.88 Å². The number of nitrogens with zero attached hydrogens (tertiary/aromatic N) is 3. The summed E-state index contributed by atoms with van der Waals surface area (Å²) in [5.74, 6) is 0.256. The molecule has 0 spiro atoms. The van der Waals surface area contributed by atoms with Crippen LogP contribution in [0.25, 0.3) is 0 Å². The van der Waals surface area contributed by atoms with Gasteiger partial charge in [0.2, 0.25) is 5.72 Å². The zero-order valence-corrected chi connectivity index (χ0v) is 22.4. The maximum Gasteiger partial charge on any atom is 0.202 e. The van der Waals surface area contributed by atoms with Crippen molar-refractivity contribution >= 4 is 46.5 Å². The number of oxime groups is 1. The highest BCUT2D eigenvalue weighted by Gasteiger charge is 2.40. The lowest BCUT2D eigenvalue weighted by molar-refractivity contribution is -0.153. The van der Waals surface area contributed by atoms with E-state index in [1.807, 2.05) is 42.3 Å². The fourth-order valence-electron chi connectivity index (χ4n) is 5.02. The number of aliphatic hydroxyl groups is 1. The number of carbonyl (C=O) groups is 1. The average Bonchev–Trinajstić information content (AvgIpc) is 3.55. The van der Waals surface area contributed by atoms with Gasteiger partial charge in [-0.2, -0.15) is 0 Å². The first-order valence-corrected chi connectivity index (χ1v) is 13.6. The summed E-state index contributed by atoms with van der Waals surface area (Å²) in [6.07, 6.45) is 2.48. The van der Waals surface area contributed by atoms with Crippen molar-refractivity contribution in [1.29, 1.82) is 0 Å². The third-order valence-corrected chi connectivity index (χ3v) is 8.75. The predicted octanol–water partition coefficient (Wildman–Crippen LogP) is 6.16. The van der Waals surface area contributed by atoms with Gasteiger partial charge >= 0.3 is 0 Å². The number of hydrogen-bond donors (Lipinski definition) is 1. The molecule has 1 N–H and O–H groups in total. The molecule has 2 aliphatic rings. The Labute approximate surface area is 224 Å². The number of aldehydes is 1. The van der Waals surface area contributed by atoms with Crippen molar-refractivity contribution in [2.24, 2.45) is 5.16 Å². The van der Waals surface area contributed by atoms with E-state index in [-0.39, 0.29) is 12.0 Å². The molecular formula is C27H27Cl2N3O3S. The summed E-state index contributed by atoms with van der Waals surface area (Å²) in [4.78, 5) is 24.5. The second-order valence-corrected chi connectivity index (χ2v) is 11.2. The van der Waals surface area contributed by atoms with Crippen molar-refractivity contribution in [2.45, 2.75) is 50.9 Å². The van der Waals surface area contributed by atoms with Crippen LogP contribution in [0.5, 0.6) is 0 Å². The second-order valence-electron chi connectivity index (χ2n) is 9.47. The highest BCUT2D eigenvalue weighted by Crippen LogP contribution is 2.39. The Hall–Kier alpha value is -2.29. The van der Waals surface area contributed by atoms with E-state index < -0.39 is 5.72 Å². The minimum absolute atomic E-state index is 0.256. The molecule has 0 bridgehead atoms. The summed E-state index contributed by atoms with van der Waals surface area (Å²) >= 11 is 14.3. The second kappa shape index (κ2) is 10.2. The Kier molecular flexibility index (Phi) is 7.21. The first-order chi connectivity index (χ1) is 17.3. The molecule has 3 heterocycles. The van der Waals surface area contributed by atoms with Gasteiger partial charge in [0.25, 0.3) is 0 Å². The molecule has 2 aliphatic heterocycles. The molecule has 0 aliphatic carbocycles. The van der Waals surface area contributed by atoms with Crippen LogP contribution in [0, 0.1) is 13.8 Å². The van der Waals surface area contributed by atoms with Crippen molar-refractivity contribution in [2.75, 3.05) is 13.1 Å². The number of hydrogen-bond acceptors (Lipinski definition) is 7. The van der Waals surface area contributed by atoms with E-state index in [1.165, 1.54) is 0 Å². The number of halogens is 2. The predicted molar refractivity (Wildman–Crippen MR) is 143 cm³/mol. The van der Waals surface area contributed by atoms with Crippen LogP contribution < -0.4 is 0 Å². The number of benzene rings is 2. The number of thiazole rings is 1. The van der Waals surface area contributed by atoms with Gasteiger partial charge in [0, 0.05) is 52.0 Å². The number of rotatable bonds is 6. The van der Waals surface area contributed by atoms with Gasteiger partial charge in [-0.3, -0.25) is 9.69 Å². The van der Waals surface area contributed by atoms with Crippen LogP contribution >= 0.6 is 34.5 Å². The van der Waals surface area contributed by atoms with Crippen LogP contribution in [0.3, 0.4) is 0 Å². The van der Waals surface area contributed by atoms with Crippen LogP contribution in [0.2, 0.25) is 10.0 Å². The summed E-state index contributed by atoms with van der Waals surface area (Å²) in [6, 6.07) is 11.2. The minimum atomic E-state index is -1.62. The van der Waals surface area contributed by atoms with Crippen LogP contribution in [0.4, 0.5) is 0 Å². The molecule has 0 saturated carbocycles. The molecule has 9 heteroatoms. The van der Waals surface area contributed by atoms with Gasteiger partial charge in [0.05, 0.1) is 10.7 Å². The molecule has 1 fully saturated rings. The molecule has 2 aromatic carbocycles. The Bertz CT molecular complexity index is 1300. The number of aromatic nitrogens is 1. The third kappa shape index (κ3) is 4.71. The Balaban J connectivity index is 1.25. The molecule has 36 heavy (non-hydrogen) atoms. The van der Waals surface area contributed by atoms with E-state index in [4.69, 9.17) is 33.0 Å². The molecule has 188 valence electrons. The molecule has 1 aromatic heterocycles. The van der Waals surface area contributed by atoms with Gasteiger partial charge in [0.1, 0.15) is 5.71 Å². The van der Waals surface area contributed by atoms with Crippen LogP contribution in [0.1, 0.15) is 64.2 Å².